The van der Waals surface area contributed by atoms with Crippen molar-refractivity contribution in [1.29, 1.82) is 0 Å². The summed E-state index contributed by atoms with van der Waals surface area (Å²) >= 11 is 4.00. The summed E-state index contributed by atoms with van der Waals surface area (Å²) < 4.78 is 1.29. The van der Waals surface area contributed by atoms with Gasteiger partial charge in [-0.05, 0) is 34.0 Å². The maximum atomic E-state index is 5.40. The molecule has 0 aliphatic heterocycles. The molecule has 0 aliphatic carbocycles. The SMILES string of the molecule is Cl.NCc1sccc1I. The summed E-state index contributed by atoms with van der Waals surface area (Å²) in [6, 6.07) is 2.08. The minimum absolute atomic E-state index is 0. The van der Waals surface area contributed by atoms with Crippen molar-refractivity contribution in [3.8, 4) is 0 Å². The molecule has 0 aromatic carbocycles. The van der Waals surface area contributed by atoms with Crippen LogP contribution in [-0.2, 0) is 6.54 Å². The van der Waals surface area contributed by atoms with Crippen molar-refractivity contribution in [3.05, 3.63) is 19.9 Å². The van der Waals surface area contributed by atoms with Crippen LogP contribution in [0.2, 0.25) is 0 Å². The molecule has 0 bridgehead atoms. The van der Waals surface area contributed by atoms with Crippen LogP contribution in [0.3, 0.4) is 0 Å². The van der Waals surface area contributed by atoms with Crippen LogP contribution in [0.15, 0.2) is 11.4 Å². The van der Waals surface area contributed by atoms with Crippen LogP contribution in [0.4, 0.5) is 0 Å². The minimum atomic E-state index is 0. The molecule has 2 N–H and O–H groups in total. The van der Waals surface area contributed by atoms with Gasteiger partial charge in [-0.15, -0.1) is 23.7 Å². The van der Waals surface area contributed by atoms with Gasteiger partial charge in [0.1, 0.15) is 0 Å². The van der Waals surface area contributed by atoms with Crippen molar-refractivity contribution < 1.29 is 0 Å². The van der Waals surface area contributed by atoms with Gasteiger partial charge in [0.05, 0.1) is 0 Å². The molecule has 0 aliphatic rings. The van der Waals surface area contributed by atoms with E-state index in [-0.39, 0.29) is 12.4 Å². The van der Waals surface area contributed by atoms with Crippen molar-refractivity contribution in [1.82, 2.24) is 0 Å². The Balaban J connectivity index is 0.000000640. The third-order valence-corrected chi connectivity index (χ3v) is 3.20. The molecule has 1 rings (SSSR count). The molecule has 52 valence electrons. The van der Waals surface area contributed by atoms with Gasteiger partial charge < -0.3 is 5.73 Å². The van der Waals surface area contributed by atoms with Gasteiger partial charge in [0, 0.05) is 15.0 Å². The van der Waals surface area contributed by atoms with Gasteiger partial charge in [0.25, 0.3) is 0 Å². The van der Waals surface area contributed by atoms with Crippen LogP contribution < -0.4 is 5.73 Å². The van der Waals surface area contributed by atoms with Gasteiger partial charge in [-0.25, -0.2) is 0 Å². The molecule has 0 atom stereocenters. The van der Waals surface area contributed by atoms with E-state index in [9.17, 15) is 0 Å². The van der Waals surface area contributed by atoms with E-state index in [0.29, 0.717) is 6.54 Å². The van der Waals surface area contributed by atoms with Gasteiger partial charge in [0.15, 0.2) is 0 Å². The fraction of sp³-hybridized carbons (Fsp3) is 0.200. The first-order chi connectivity index (χ1) is 3.84. The van der Waals surface area contributed by atoms with Gasteiger partial charge in [-0.1, -0.05) is 0 Å². The summed E-state index contributed by atoms with van der Waals surface area (Å²) in [7, 11) is 0. The molecule has 0 spiro atoms. The monoisotopic (exact) mass is 275 g/mol. The van der Waals surface area contributed by atoms with Crippen LogP contribution in [0, 0.1) is 3.57 Å². The highest BCUT2D eigenvalue weighted by Gasteiger charge is 1.94. The maximum Gasteiger partial charge on any atom is 0.0315 e. The third-order valence-electron chi connectivity index (χ3n) is 0.876. The van der Waals surface area contributed by atoms with Crippen LogP contribution in [-0.4, -0.2) is 0 Å². The van der Waals surface area contributed by atoms with Crippen molar-refractivity contribution in [2.75, 3.05) is 0 Å². The lowest BCUT2D eigenvalue weighted by molar-refractivity contribution is 1.10. The Morgan fingerprint density at radius 1 is 1.67 bits per heavy atom. The molecule has 0 amide bonds. The molecule has 0 unspecified atom stereocenters. The van der Waals surface area contributed by atoms with Crippen molar-refractivity contribution in [2.24, 2.45) is 5.73 Å². The number of halogens is 2. The molecule has 4 heteroatoms. The van der Waals surface area contributed by atoms with E-state index >= 15 is 0 Å². The van der Waals surface area contributed by atoms with Gasteiger partial charge in [-0.3, -0.25) is 0 Å². The zero-order valence-corrected chi connectivity index (χ0v) is 8.42. The zero-order chi connectivity index (χ0) is 5.98. The van der Waals surface area contributed by atoms with E-state index in [1.807, 2.05) is 0 Å². The Bertz CT molecular complexity index is 177. The smallest absolute Gasteiger partial charge is 0.0315 e. The average molecular weight is 276 g/mol. The summed E-state index contributed by atoms with van der Waals surface area (Å²) in [5, 5.41) is 2.06. The first-order valence-corrected chi connectivity index (χ1v) is 4.22. The lowest BCUT2D eigenvalue weighted by atomic mass is 10.5. The Morgan fingerprint density at radius 3 is 2.56 bits per heavy atom. The third kappa shape index (κ3) is 2.41. The second-order valence-corrected chi connectivity index (χ2v) is 3.56. The van der Waals surface area contributed by atoms with Gasteiger partial charge >= 0.3 is 0 Å². The number of rotatable bonds is 1. The molecule has 0 radical (unpaired) electrons. The van der Waals surface area contributed by atoms with Crippen LogP contribution in [0.5, 0.6) is 0 Å². The Morgan fingerprint density at radius 2 is 2.33 bits per heavy atom. The molecule has 9 heavy (non-hydrogen) atoms. The van der Waals surface area contributed by atoms with E-state index in [4.69, 9.17) is 5.73 Å². The second-order valence-electron chi connectivity index (χ2n) is 1.40. The van der Waals surface area contributed by atoms with Crippen molar-refractivity contribution >= 4 is 46.3 Å². The molecule has 0 fully saturated rings. The van der Waals surface area contributed by atoms with Crippen LogP contribution >= 0.6 is 46.3 Å². The maximum absolute atomic E-state index is 5.40. The highest BCUT2D eigenvalue weighted by molar-refractivity contribution is 14.1. The molecule has 1 aromatic heterocycles. The molecule has 1 nitrogen and oxygen atoms in total. The minimum Gasteiger partial charge on any atom is -0.326 e. The predicted octanol–water partition coefficient (Wildman–Crippen LogP) is 2.23. The summed E-state index contributed by atoms with van der Waals surface area (Å²) in [6.07, 6.45) is 0. The lowest BCUT2D eigenvalue weighted by Crippen LogP contribution is -1.93. The van der Waals surface area contributed by atoms with Crippen LogP contribution in [0.1, 0.15) is 4.88 Å². The number of hydrogen-bond donors (Lipinski definition) is 1. The van der Waals surface area contributed by atoms with Gasteiger partial charge in [-0.2, -0.15) is 0 Å². The summed E-state index contributed by atoms with van der Waals surface area (Å²) in [4.78, 5) is 1.28. The normalized spacial score (nSPS) is 8.67. The van der Waals surface area contributed by atoms with E-state index in [2.05, 4.69) is 34.0 Å². The molecule has 1 heterocycles. The number of nitrogens with two attached hydrogens (primary N) is 1. The second kappa shape index (κ2) is 4.49. The van der Waals surface area contributed by atoms with E-state index in [0.717, 1.165) is 0 Å². The molecule has 0 saturated carbocycles. The van der Waals surface area contributed by atoms with E-state index in [1.54, 1.807) is 11.3 Å². The van der Waals surface area contributed by atoms with Gasteiger partial charge in [0.2, 0.25) is 0 Å². The Hall–Kier alpha value is 0.680. The molecular weight excluding hydrogens is 268 g/mol. The first-order valence-electron chi connectivity index (χ1n) is 2.26. The average Bonchev–Trinajstić information content (AvgIpc) is 2.14. The standard InChI is InChI=1S/C5H6INS.ClH/c6-4-1-2-8-5(4)3-7;/h1-2H,3,7H2;1H. The molecule has 1 aromatic rings. The fourth-order valence-corrected chi connectivity index (χ4v) is 2.14. The quantitative estimate of drug-likeness (QED) is 0.782. The lowest BCUT2D eigenvalue weighted by Gasteiger charge is -1.86. The highest BCUT2D eigenvalue weighted by atomic mass is 127. The Kier molecular flexibility index (Phi) is 4.83. The first kappa shape index (κ1) is 9.68. The predicted molar refractivity (Wildman–Crippen MR) is 52.2 cm³/mol. The molecular formula is C5H7ClINS. The van der Waals surface area contributed by atoms with Crippen LogP contribution in [0.25, 0.3) is 0 Å². The topological polar surface area (TPSA) is 26.0 Å². The number of thiophene rings is 1. The van der Waals surface area contributed by atoms with Crippen molar-refractivity contribution in [2.45, 2.75) is 6.54 Å². The zero-order valence-electron chi connectivity index (χ0n) is 4.63. The largest absolute Gasteiger partial charge is 0.326 e. The molecule has 0 saturated heterocycles. The summed E-state index contributed by atoms with van der Waals surface area (Å²) in [6.45, 7) is 0.677. The van der Waals surface area contributed by atoms with E-state index < -0.39 is 0 Å². The summed E-state index contributed by atoms with van der Waals surface area (Å²) in [5.74, 6) is 0. The van der Waals surface area contributed by atoms with Crippen molar-refractivity contribution in [3.63, 3.8) is 0 Å². The fourth-order valence-electron chi connectivity index (χ4n) is 0.471. The number of hydrogen-bond acceptors (Lipinski definition) is 2. The summed E-state index contributed by atoms with van der Waals surface area (Å²) in [5.41, 5.74) is 5.40. The van der Waals surface area contributed by atoms with E-state index in [1.165, 1.54) is 8.45 Å². The highest BCUT2D eigenvalue weighted by Crippen LogP contribution is 2.16. The Labute approximate surface area is 78.2 Å².